The van der Waals surface area contributed by atoms with Gasteiger partial charge in [0, 0.05) is 0 Å². The van der Waals surface area contributed by atoms with Gasteiger partial charge in [0.05, 0.1) is 18.1 Å². The fourth-order valence-corrected chi connectivity index (χ4v) is 2.65. The van der Waals surface area contributed by atoms with Crippen LogP contribution in [0.2, 0.25) is 0 Å². The van der Waals surface area contributed by atoms with Crippen LogP contribution in [0.1, 0.15) is 60.3 Å². The highest BCUT2D eigenvalue weighted by atomic mass is 16.5. The number of hydrogen-bond acceptors (Lipinski definition) is 2. The first-order valence-electron chi connectivity index (χ1n) is 7.13. The molecule has 0 aromatic carbocycles. The summed E-state index contributed by atoms with van der Waals surface area (Å²) in [6.07, 6.45) is 3.55. The Morgan fingerprint density at radius 1 is 1.44 bits per heavy atom. The van der Waals surface area contributed by atoms with Gasteiger partial charge in [-0.3, -0.25) is 4.79 Å². The number of carbonyl (C=O) groups is 1. The van der Waals surface area contributed by atoms with E-state index in [-0.39, 0.29) is 23.5 Å². The van der Waals surface area contributed by atoms with Crippen LogP contribution in [0.3, 0.4) is 0 Å². The first-order chi connectivity index (χ1) is 8.25. The second-order valence-electron chi connectivity index (χ2n) is 6.83. The predicted molar refractivity (Wildman–Crippen MR) is 72.5 cm³/mol. The Labute approximate surface area is 111 Å². The Kier molecular flexibility index (Phi) is 5.20. The molecule has 3 nitrogen and oxygen atoms in total. The fraction of sp³-hybridized carbons (Fsp3) is 0.933. The highest BCUT2D eigenvalue weighted by Gasteiger charge is 2.41. The lowest BCUT2D eigenvalue weighted by atomic mass is 9.80. The molecule has 18 heavy (non-hydrogen) atoms. The summed E-state index contributed by atoms with van der Waals surface area (Å²) in [5.74, 6) is -0.458. The maximum atomic E-state index is 11.3. The summed E-state index contributed by atoms with van der Waals surface area (Å²) in [6, 6.07) is 0. The molecule has 0 radical (unpaired) electrons. The van der Waals surface area contributed by atoms with Gasteiger partial charge in [-0.15, -0.1) is 0 Å². The maximum Gasteiger partial charge on any atom is 0.309 e. The van der Waals surface area contributed by atoms with Crippen LogP contribution in [0.4, 0.5) is 0 Å². The molecule has 1 heterocycles. The third-order valence-electron chi connectivity index (χ3n) is 4.10. The summed E-state index contributed by atoms with van der Waals surface area (Å²) >= 11 is 0. The SMILES string of the molecule is CCC(C)(C)CC1OC(CC(C)C)CC1C(=O)O. The average molecular weight is 256 g/mol. The Morgan fingerprint density at radius 3 is 2.50 bits per heavy atom. The predicted octanol–water partition coefficient (Wildman–Crippen LogP) is 3.72. The minimum Gasteiger partial charge on any atom is -0.481 e. The summed E-state index contributed by atoms with van der Waals surface area (Å²) in [5, 5.41) is 9.33. The van der Waals surface area contributed by atoms with E-state index in [2.05, 4.69) is 34.6 Å². The van der Waals surface area contributed by atoms with Gasteiger partial charge in [0.15, 0.2) is 0 Å². The molecule has 1 N–H and O–H groups in total. The van der Waals surface area contributed by atoms with E-state index in [1.54, 1.807) is 0 Å². The molecule has 0 spiro atoms. The number of carboxylic acids is 1. The van der Waals surface area contributed by atoms with Crippen molar-refractivity contribution in [1.29, 1.82) is 0 Å². The van der Waals surface area contributed by atoms with Crippen LogP contribution in [0, 0.1) is 17.3 Å². The first-order valence-corrected chi connectivity index (χ1v) is 7.13. The molecule has 1 rings (SSSR count). The largest absolute Gasteiger partial charge is 0.481 e. The molecule has 1 aliphatic rings. The number of aliphatic carboxylic acids is 1. The van der Waals surface area contributed by atoms with Crippen LogP contribution in [0.15, 0.2) is 0 Å². The minimum absolute atomic E-state index is 0.110. The number of hydrogen-bond donors (Lipinski definition) is 1. The van der Waals surface area contributed by atoms with Crippen molar-refractivity contribution < 1.29 is 14.6 Å². The molecule has 0 aromatic rings. The van der Waals surface area contributed by atoms with Crippen LogP contribution in [-0.4, -0.2) is 23.3 Å². The molecule has 0 saturated carbocycles. The van der Waals surface area contributed by atoms with Gasteiger partial charge in [-0.05, 0) is 30.6 Å². The smallest absolute Gasteiger partial charge is 0.309 e. The van der Waals surface area contributed by atoms with E-state index >= 15 is 0 Å². The van der Waals surface area contributed by atoms with Crippen LogP contribution < -0.4 is 0 Å². The van der Waals surface area contributed by atoms with Gasteiger partial charge in [0.1, 0.15) is 0 Å². The standard InChI is InChI=1S/C15H28O3/c1-6-15(4,5)9-13-12(14(16)17)8-11(18-13)7-10(2)3/h10-13H,6-9H2,1-5H3,(H,16,17). The molecule has 3 atom stereocenters. The molecule has 106 valence electrons. The first kappa shape index (κ1) is 15.5. The van der Waals surface area contributed by atoms with Crippen molar-refractivity contribution in [3.05, 3.63) is 0 Å². The highest BCUT2D eigenvalue weighted by molar-refractivity contribution is 5.71. The van der Waals surface area contributed by atoms with E-state index in [9.17, 15) is 9.90 Å². The third kappa shape index (κ3) is 4.27. The van der Waals surface area contributed by atoms with Crippen molar-refractivity contribution in [2.24, 2.45) is 17.3 Å². The molecule has 1 aliphatic heterocycles. The number of ether oxygens (including phenoxy) is 1. The monoisotopic (exact) mass is 256 g/mol. The average Bonchev–Trinajstić information content (AvgIpc) is 2.59. The summed E-state index contributed by atoms with van der Waals surface area (Å²) in [7, 11) is 0. The van der Waals surface area contributed by atoms with Crippen molar-refractivity contribution in [2.45, 2.75) is 72.5 Å². The molecular formula is C15H28O3. The fourth-order valence-electron chi connectivity index (χ4n) is 2.65. The topological polar surface area (TPSA) is 46.5 Å². The lowest BCUT2D eigenvalue weighted by molar-refractivity contribution is -0.144. The van der Waals surface area contributed by atoms with Gasteiger partial charge in [-0.2, -0.15) is 0 Å². The molecule has 1 fully saturated rings. The zero-order valence-corrected chi connectivity index (χ0v) is 12.4. The van der Waals surface area contributed by atoms with Gasteiger partial charge >= 0.3 is 5.97 Å². The summed E-state index contributed by atoms with van der Waals surface area (Å²) in [4.78, 5) is 11.3. The summed E-state index contributed by atoms with van der Waals surface area (Å²) < 4.78 is 6.00. The highest BCUT2D eigenvalue weighted by Crippen LogP contribution is 2.38. The lowest BCUT2D eigenvalue weighted by Crippen LogP contribution is -2.29. The lowest BCUT2D eigenvalue weighted by Gasteiger charge is -2.28. The molecule has 3 unspecified atom stereocenters. The molecule has 0 bridgehead atoms. The van der Waals surface area contributed by atoms with Gasteiger partial charge in [-0.1, -0.05) is 41.0 Å². The van der Waals surface area contributed by atoms with Gasteiger partial charge in [0.2, 0.25) is 0 Å². The second-order valence-corrected chi connectivity index (χ2v) is 6.83. The van der Waals surface area contributed by atoms with E-state index in [1.807, 2.05) is 0 Å². The quantitative estimate of drug-likeness (QED) is 0.788. The Bertz CT molecular complexity index is 283. The Morgan fingerprint density at radius 2 is 2.06 bits per heavy atom. The zero-order chi connectivity index (χ0) is 13.9. The van der Waals surface area contributed by atoms with Gasteiger partial charge in [-0.25, -0.2) is 0 Å². The minimum atomic E-state index is -0.696. The van der Waals surface area contributed by atoms with E-state index in [0.717, 1.165) is 19.3 Å². The van der Waals surface area contributed by atoms with Gasteiger partial charge < -0.3 is 9.84 Å². The molecule has 0 aliphatic carbocycles. The van der Waals surface area contributed by atoms with Crippen LogP contribution in [-0.2, 0) is 9.53 Å². The molecule has 0 amide bonds. The number of carboxylic acid groups (broad SMARTS) is 1. The maximum absolute atomic E-state index is 11.3. The van der Waals surface area contributed by atoms with Crippen LogP contribution in [0.5, 0.6) is 0 Å². The Balaban J connectivity index is 2.67. The van der Waals surface area contributed by atoms with Crippen molar-refractivity contribution in [3.8, 4) is 0 Å². The molecular weight excluding hydrogens is 228 g/mol. The van der Waals surface area contributed by atoms with Crippen molar-refractivity contribution in [2.75, 3.05) is 0 Å². The van der Waals surface area contributed by atoms with E-state index in [0.29, 0.717) is 12.3 Å². The molecule has 0 aromatic heterocycles. The summed E-state index contributed by atoms with van der Waals surface area (Å²) in [6.45, 7) is 10.8. The third-order valence-corrected chi connectivity index (χ3v) is 4.10. The molecule has 1 saturated heterocycles. The normalized spacial score (nSPS) is 28.9. The zero-order valence-electron chi connectivity index (χ0n) is 12.4. The van der Waals surface area contributed by atoms with E-state index in [1.165, 1.54) is 0 Å². The Hall–Kier alpha value is -0.570. The van der Waals surface area contributed by atoms with Crippen molar-refractivity contribution >= 4 is 5.97 Å². The molecule has 3 heteroatoms. The van der Waals surface area contributed by atoms with Crippen LogP contribution >= 0.6 is 0 Å². The number of rotatable bonds is 6. The second kappa shape index (κ2) is 6.05. The van der Waals surface area contributed by atoms with Crippen LogP contribution in [0.25, 0.3) is 0 Å². The summed E-state index contributed by atoms with van der Waals surface area (Å²) in [5.41, 5.74) is 0.158. The van der Waals surface area contributed by atoms with Gasteiger partial charge in [0.25, 0.3) is 0 Å². The van der Waals surface area contributed by atoms with Crippen molar-refractivity contribution in [3.63, 3.8) is 0 Å². The van der Waals surface area contributed by atoms with E-state index < -0.39 is 5.97 Å². The van der Waals surface area contributed by atoms with E-state index in [4.69, 9.17) is 4.74 Å². The van der Waals surface area contributed by atoms with Crippen molar-refractivity contribution in [1.82, 2.24) is 0 Å².